The van der Waals surface area contributed by atoms with Crippen LogP contribution in [-0.4, -0.2) is 0 Å². The molecule has 3 heteroatoms. The molecule has 0 aliphatic carbocycles. The molecular weight excluding hydrogens is 218 g/mol. The first kappa shape index (κ1) is 8.02. The molecule has 0 amide bonds. The zero-order valence-electron chi connectivity index (χ0n) is 5.29. The van der Waals surface area contributed by atoms with Gasteiger partial charge >= 0.3 is 0 Å². The monoisotopic (exact) mass is 222 g/mol. The molecule has 0 unspecified atom stereocenters. The van der Waals surface area contributed by atoms with Crippen molar-refractivity contribution in [2.24, 2.45) is 0 Å². The van der Waals surface area contributed by atoms with Crippen LogP contribution in [0.4, 0.5) is 4.39 Å². The van der Waals surface area contributed by atoms with Crippen LogP contribution in [0.1, 0.15) is 5.56 Å². The number of hydrogen-bond donors (Lipinski definition) is 0. The van der Waals surface area contributed by atoms with Gasteiger partial charge in [0.05, 0.1) is 5.02 Å². The normalized spacial score (nSPS) is 10.0. The third-order valence-corrected chi connectivity index (χ3v) is 2.85. The quantitative estimate of drug-likeness (QED) is 0.590. The second kappa shape index (κ2) is 2.89. The van der Waals surface area contributed by atoms with Gasteiger partial charge in [0.25, 0.3) is 0 Å². The number of hydrogen-bond acceptors (Lipinski definition) is 0. The van der Waals surface area contributed by atoms with E-state index in [4.69, 9.17) is 11.6 Å². The third kappa shape index (κ3) is 1.32. The van der Waals surface area contributed by atoms with Crippen molar-refractivity contribution < 1.29 is 4.39 Å². The molecule has 10 heavy (non-hydrogen) atoms. The minimum Gasteiger partial charge on any atom is -0.205 e. The van der Waals surface area contributed by atoms with Gasteiger partial charge in [-0.25, -0.2) is 4.39 Å². The van der Waals surface area contributed by atoms with Crippen LogP contribution in [0.3, 0.4) is 0 Å². The van der Waals surface area contributed by atoms with Crippen LogP contribution < -0.4 is 0 Å². The summed E-state index contributed by atoms with van der Waals surface area (Å²) in [5.41, 5.74) is 0.936. The minimum absolute atomic E-state index is 0.153. The first-order valence-electron chi connectivity index (χ1n) is 2.73. The molecule has 0 atom stereocenters. The van der Waals surface area contributed by atoms with E-state index in [-0.39, 0.29) is 10.8 Å². The molecule has 0 N–H and O–H groups in total. The summed E-state index contributed by atoms with van der Waals surface area (Å²) in [7, 11) is 0. The largest absolute Gasteiger partial charge is 0.205 e. The summed E-state index contributed by atoms with van der Waals surface area (Å²) >= 11 is 8.72. The number of halogens is 3. The molecule has 0 radical (unpaired) electrons. The van der Waals surface area contributed by atoms with Crippen molar-refractivity contribution in [2.45, 2.75) is 6.92 Å². The highest BCUT2D eigenvalue weighted by Gasteiger charge is 2.04. The van der Waals surface area contributed by atoms with E-state index in [2.05, 4.69) is 15.9 Å². The van der Waals surface area contributed by atoms with Crippen LogP contribution in [0.2, 0.25) is 5.02 Å². The highest BCUT2D eigenvalue weighted by atomic mass is 79.9. The average molecular weight is 223 g/mol. The molecule has 1 aromatic rings. The van der Waals surface area contributed by atoms with Crippen molar-refractivity contribution in [3.05, 3.63) is 33.0 Å². The number of rotatable bonds is 0. The zero-order chi connectivity index (χ0) is 7.72. The van der Waals surface area contributed by atoms with Crippen LogP contribution in [0.15, 0.2) is 16.6 Å². The molecule has 0 fully saturated rings. The molecule has 0 saturated heterocycles. The first-order valence-corrected chi connectivity index (χ1v) is 3.90. The van der Waals surface area contributed by atoms with Gasteiger partial charge in [-0.05, 0) is 34.5 Å². The predicted octanol–water partition coefficient (Wildman–Crippen LogP) is 3.55. The van der Waals surface area contributed by atoms with Gasteiger partial charge in [-0.15, -0.1) is 0 Å². The Morgan fingerprint density at radius 3 is 2.60 bits per heavy atom. The fraction of sp³-hybridized carbons (Fsp3) is 0.143. The summed E-state index contributed by atoms with van der Waals surface area (Å²) in [6, 6.07) is 3.02. The second-order valence-corrected chi connectivity index (χ2v) is 3.16. The van der Waals surface area contributed by atoms with Gasteiger partial charge in [0, 0.05) is 4.47 Å². The van der Waals surface area contributed by atoms with Crippen LogP contribution in [0.25, 0.3) is 0 Å². The molecule has 0 heterocycles. The number of benzene rings is 1. The lowest BCUT2D eigenvalue weighted by Crippen LogP contribution is -1.81. The Kier molecular flexibility index (Phi) is 2.32. The van der Waals surface area contributed by atoms with Gasteiger partial charge < -0.3 is 0 Å². The van der Waals surface area contributed by atoms with Crippen molar-refractivity contribution in [2.75, 3.05) is 0 Å². The molecule has 1 rings (SSSR count). The van der Waals surface area contributed by atoms with Crippen molar-refractivity contribution in [1.82, 2.24) is 0 Å². The van der Waals surface area contributed by atoms with E-state index >= 15 is 0 Å². The van der Waals surface area contributed by atoms with Crippen molar-refractivity contribution in [1.29, 1.82) is 0 Å². The maximum absolute atomic E-state index is 12.6. The molecule has 0 aliphatic rings. The molecule has 0 saturated carbocycles. The molecule has 0 aromatic heterocycles. The Bertz CT molecular complexity index is 233. The summed E-state index contributed by atoms with van der Waals surface area (Å²) < 4.78 is 13.2. The molecule has 0 aliphatic heterocycles. The van der Waals surface area contributed by atoms with Gasteiger partial charge in [0.15, 0.2) is 0 Å². The second-order valence-electron chi connectivity index (χ2n) is 1.99. The minimum atomic E-state index is -0.390. The van der Waals surface area contributed by atoms with Gasteiger partial charge in [-0.3, -0.25) is 0 Å². The van der Waals surface area contributed by atoms with E-state index in [1.165, 1.54) is 6.07 Å². The van der Waals surface area contributed by atoms with E-state index in [9.17, 15) is 4.39 Å². The van der Waals surface area contributed by atoms with E-state index in [1.807, 2.05) is 6.92 Å². The van der Waals surface area contributed by atoms with Crippen LogP contribution in [0.5, 0.6) is 0 Å². The van der Waals surface area contributed by atoms with Crippen LogP contribution in [0, 0.1) is 12.7 Å². The topological polar surface area (TPSA) is 0 Å². The maximum atomic E-state index is 12.6. The lowest BCUT2D eigenvalue weighted by molar-refractivity contribution is 0.627. The fourth-order valence-electron chi connectivity index (χ4n) is 0.622. The molecular formula is C7H5BrClF. The summed E-state index contributed by atoms with van der Waals surface area (Å²) in [5, 5.41) is 0.153. The lowest BCUT2D eigenvalue weighted by atomic mass is 10.2. The predicted molar refractivity (Wildman–Crippen MR) is 43.8 cm³/mol. The smallest absolute Gasteiger partial charge is 0.142 e. The lowest BCUT2D eigenvalue weighted by Gasteiger charge is -1.99. The third-order valence-electron chi connectivity index (χ3n) is 1.23. The first-order chi connectivity index (χ1) is 4.63. The van der Waals surface area contributed by atoms with Crippen molar-refractivity contribution >= 4 is 27.5 Å². The summed E-state index contributed by atoms with van der Waals surface area (Å²) in [6.45, 7) is 1.86. The highest BCUT2D eigenvalue weighted by Crippen LogP contribution is 2.27. The Hall–Kier alpha value is -0.0800. The van der Waals surface area contributed by atoms with E-state index in [0.717, 1.165) is 5.56 Å². The summed E-state index contributed by atoms with van der Waals surface area (Å²) in [4.78, 5) is 0. The number of aryl methyl sites for hydroxylation is 1. The maximum Gasteiger partial charge on any atom is 0.142 e. The van der Waals surface area contributed by atoms with Gasteiger partial charge in [0.2, 0.25) is 0 Å². The zero-order valence-corrected chi connectivity index (χ0v) is 7.63. The molecule has 54 valence electrons. The summed E-state index contributed by atoms with van der Waals surface area (Å²) in [5.74, 6) is -0.390. The fourth-order valence-corrected chi connectivity index (χ4v) is 1.16. The molecule has 0 nitrogen and oxygen atoms in total. The standard InChI is InChI=1S/C7H5BrClF/c1-4-2-3-5(10)7(9)6(4)8/h2-3H,1H3. The van der Waals surface area contributed by atoms with Crippen molar-refractivity contribution in [3.63, 3.8) is 0 Å². The molecule has 0 spiro atoms. The summed E-state index contributed by atoms with van der Waals surface area (Å²) in [6.07, 6.45) is 0. The van der Waals surface area contributed by atoms with Crippen LogP contribution >= 0.6 is 27.5 Å². The van der Waals surface area contributed by atoms with Crippen LogP contribution in [-0.2, 0) is 0 Å². The molecule has 1 aromatic carbocycles. The Labute approximate surface area is 72.1 Å². The average Bonchev–Trinajstić information content (AvgIpc) is 1.93. The Balaban J connectivity index is 3.34. The van der Waals surface area contributed by atoms with Gasteiger partial charge in [-0.1, -0.05) is 17.7 Å². The SMILES string of the molecule is Cc1ccc(F)c(Cl)c1Br. The van der Waals surface area contributed by atoms with Gasteiger partial charge in [-0.2, -0.15) is 0 Å². The van der Waals surface area contributed by atoms with E-state index < -0.39 is 0 Å². The Morgan fingerprint density at radius 1 is 1.50 bits per heavy atom. The van der Waals surface area contributed by atoms with E-state index in [1.54, 1.807) is 6.07 Å². The molecule has 0 bridgehead atoms. The van der Waals surface area contributed by atoms with E-state index in [0.29, 0.717) is 4.47 Å². The Morgan fingerprint density at radius 2 is 2.10 bits per heavy atom. The van der Waals surface area contributed by atoms with Gasteiger partial charge in [0.1, 0.15) is 5.82 Å². The highest BCUT2D eigenvalue weighted by molar-refractivity contribution is 9.10. The van der Waals surface area contributed by atoms with Crippen molar-refractivity contribution in [3.8, 4) is 0 Å².